The molecule has 100 valence electrons. The Kier molecular flexibility index (Phi) is 2.86. The van der Waals surface area contributed by atoms with Crippen molar-refractivity contribution in [3.05, 3.63) is 59.7 Å². The Morgan fingerprint density at radius 2 is 1.90 bits per heavy atom. The second-order valence-electron chi connectivity index (χ2n) is 4.91. The highest BCUT2D eigenvalue weighted by Crippen LogP contribution is 2.45. The fourth-order valence-electron chi connectivity index (χ4n) is 2.41. The molecule has 0 aliphatic carbocycles. The Bertz CT molecular complexity index is 695. The molecular weight excluding hydrogens is 252 g/mol. The number of azo groups is 1. The molecule has 4 nitrogen and oxygen atoms in total. The van der Waals surface area contributed by atoms with E-state index in [1.807, 2.05) is 49.4 Å². The number of carbonyl (C=O) groups excluding carboxylic acids is 1. The van der Waals surface area contributed by atoms with Gasteiger partial charge in [0.25, 0.3) is 0 Å². The minimum absolute atomic E-state index is 0.335. The lowest BCUT2D eigenvalue weighted by molar-refractivity contribution is -0.131. The summed E-state index contributed by atoms with van der Waals surface area (Å²) in [5, 5.41) is 8.64. The molecule has 0 spiro atoms. The van der Waals surface area contributed by atoms with Gasteiger partial charge in [-0.25, -0.2) is 0 Å². The number of carbonyl (C=O) groups is 1. The Balaban J connectivity index is 2.08. The predicted molar refractivity (Wildman–Crippen MR) is 75.2 cm³/mol. The molecule has 1 aliphatic rings. The Labute approximate surface area is 117 Å². The largest absolute Gasteiger partial charge is 0.427 e. The molecule has 1 atom stereocenters. The molecule has 20 heavy (non-hydrogen) atoms. The lowest BCUT2D eigenvalue weighted by atomic mass is 9.85. The molecule has 0 saturated heterocycles. The molecule has 2 aromatic carbocycles. The van der Waals surface area contributed by atoms with E-state index in [1.54, 1.807) is 6.07 Å². The highest BCUT2D eigenvalue weighted by atomic mass is 16.5. The summed E-state index contributed by atoms with van der Waals surface area (Å²) in [4.78, 5) is 11.1. The van der Waals surface area contributed by atoms with Crippen molar-refractivity contribution in [2.75, 3.05) is 0 Å². The minimum Gasteiger partial charge on any atom is -0.427 e. The van der Waals surface area contributed by atoms with Crippen molar-refractivity contribution in [2.24, 2.45) is 10.2 Å². The molecule has 0 saturated carbocycles. The third kappa shape index (κ3) is 1.99. The third-order valence-electron chi connectivity index (χ3n) is 3.45. The molecule has 3 rings (SSSR count). The van der Waals surface area contributed by atoms with Crippen LogP contribution in [0.15, 0.2) is 58.8 Å². The zero-order chi connectivity index (χ0) is 14.2. The third-order valence-corrected chi connectivity index (χ3v) is 3.45. The zero-order valence-electron chi connectivity index (χ0n) is 11.3. The summed E-state index contributed by atoms with van der Waals surface area (Å²) in [7, 11) is 0. The van der Waals surface area contributed by atoms with Gasteiger partial charge in [0, 0.05) is 12.5 Å². The van der Waals surface area contributed by atoms with Crippen molar-refractivity contribution in [2.45, 2.75) is 19.4 Å². The van der Waals surface area contributed by atoms with Crippen molar-refractivity contribution >= 4 is 11.7 Å². The van der Waals surface area contributed by atoms with Crippen LogP contribution in [0.2, 0.25) is 0 Å². The molecule has 1 unspecified atom stereocenters. The highest BCUT2D eigenvalue weighted by Gasteiger charge is 2.35. The summed E-state index contributed by atoms with van der Waals surface area (Å²) in [6.07, 6.45) is 0. The van der Waals surface area contributed by atoms with E-state index >= 15 is 0 Å². The van der Waals surface area contributed by atoms with Crippen LogP contribution >= 0.6 is 0 Å². The van der Waals surface area contributed by atoms with E-state index in [0.29, 0.717) is 5.75 Å². The van der Waals surface area contributed by atoms with Gasteiger partial charge in [-0.15, -0.1) is 0 Å². The zero-order valence-corrected chi connectivity index (χ0v) is 11.3. The van der Waals surface area contributed by atoms with Crippen LogP contribution in [0.4, 0.5) is 5.69 Å². The molecular formula is C16H14N2O2. The summed E-state index contributed by atoms with van der Waals surface area (Å²) in [6.45, 7) is 3.40. The maximum absolute atomic E-state index is 11.1. The van der Waals surface area contributed by atoms with Gasteiger partial charge in [0.1, 0.15) is 11.3 Å². The number of esters is 1. The number of nitrogens with zero attached hydrogens (tertiary/aromatic N) is 2. The molecule has 0 aromatic heterocycles. The molecule has 1 heterocycles. The first-order chi connectivity index (χ1) is 9.59. The van der Waals surface area contributed by atoms with Crippen molar-refractivity contribution in [3.8, 4) is 5.75 Å². The van der Waals surface area contributed by atoms with E-state index in [1.165, 1.54) is 6.92 Å². The van der Waals surface area contributed by atoms with Crippen molar-refractivity contribution in [1.29, 1.82) is 0 Å². The van der Waals surface area contributed by atoms with Crippen molar-refractivity contribution < 1.29 is 9.53 Å². The van der Waals surface area contributed by atoms with E-state index in [-0.39, 0.29) is 5.97 Å². The van der Waals surface area contributed by atoms with Gasteiger partial charge in [0.2, 0.25) is 0 Å². The van der Waals surface area contributed by atoms with Gasteiger partial charge < -0.3 is 4.74 Å². The minimum atomic E-state index is -0.535. The van der Waals surface area contributed by atoms with Gasteiger partial charge in [0.05, 0.1) is 5.69 Å². The van der Waals surface area contributed by atoms with Crippen molar-refractivity contribution in [3.63, 3.8) is 0 Å². The van der Waals surface area contributed by atoms with Gasteiger partial charge in [-0.1, -0.05) is 30.3 Å². The van der Waals surface area contributed by atoms with Crippen LogP contribution in [0.1, 0.15) is 25.0 Å². The maximum Gasteiger partial charge on any atom is 0.308 e. The normalized spacial score (nSPS) is 19.7. The standard InChI is InChI=1S/C16H14N2O2/c1-11(19)20-13-8-9-15-14(10-13)16(2,18-17-15)12-6-4-3-5-7-12/h3-10H,1-2H3. The average molecular weight is 266 g/mol. The Morgan fingerprint density at radius 3 is 2.60 bits per heavy atom. The second-order valence-corrected chi connectivity index (χ2v) is 4.91. The number of fused-ring (bicyclic) bond motifs is 1. The molecule has 0 radical (unpaired) electrons. The first-order valence-electron chi connectivity index (χ1n) is 6.41. The van der Waals surface area contributed by atoms with E-state index in [2.05, 4.69) is 10.2 Å². The Morgan fingerprint density at radius 1 is 1.15 bits per heavy atom. The smallest absolute Gasteiger partial charge is 0.308 e. The number of hydrogen-bond donors (Lipinski definition) is 0. The predicted octanol–water partition coefficient (Wildman–Crippen LogP) is 3.97. The Hall–Kier alpha value is -2.49. The van der Waals surface area contributed by atoms with E-state index < -0.39 is 5.54 Å². The summed E-state index contributed by atoms with van der Waals surface area (Å²) >= 11 is 0. The van der Waals surface area contributed by atoms with Crippen LogP contribution in [0, 0.1) is 0 Å². The van der Waals surface area contributed by atoms with Crippen LogP contribution < -0.4 is 4.74 Å². The topological polar surface area (TPSA) is 51.0 Å². The average Bonchev–Trinajstić information content (AvgIpc) is 2.78. The SMILES string of the molecule is CC(=O)Oc1ccc2c(c1)C(C)(c1ccccc1)N=N2. The highest BCUT2D eigenvalue weighted by molar-refractivity contribution is 5.70. The van der Waals surface area contributed by atoms with Crippen LogP contribution in [-0.4, -0.2) is 5.97 Å². The van der Waals surface area contributed by atoms with Crippen molar-refractivity contribution in [1.82, 2.24) is 0 Å². The van der Waals surface area contributed by atoms with Gasteiger partial charge >= 0.3 is 5.97 Å². The summed E-state index contributed by atoms with van der Waals surface area (Å²) in [5.41, 5.74) is 2.28. The molecule has 2 aromatic rings. The van der Waals surface area contributed by atoms with E-state index in [9.17, 15) is 4.79 Å². The molecule has 1 aliphatic heterocycles. The van der Waals surface area contributed by atoms with Gasteiger partial charge in [0.15, 0.2) is 0 Å². The molecule has 0 amide bonds. The molecule has 0 bridgehead atoms. The van der Waals surface area contributed by atoms with Crippen LogP contribution in [0.3, 0.4) is 0 Å². The lowest BCUT2D eigenvalue weighted by Crippen LogP contribution is -2.18. The van der Waals surface area contributed by atoms with Gasteiger partial charge in [-0.05, 0) is 30.7 Å². The molecule has 4 heteroatoms. The summed E-state index contributed by atoms with van der Waals surface area (Å²) < 4.78 is 5.15. The number of rotatable bonds is 2. The molecule has 0 N–H and O–H groups in total. The first-order valence-corrected chi connectivity index (χ1v) is 6.41. The first kappa shape index (κ1) is 12.5. The monoisotopic (exact) mass is 266 g/mol. The second kappa shape index (κ2) is 4.56. The summed E-state index contributed by atoms with van der Waals surface area (Å²) in [6, 6.07) is 15.4. The number of ether oxygens (including phenoxy) is 1. The van der Waals surface area contributed by atoms with Crippen LogP contribution in [0.5, 0.6) is 5.75 Å². The van der Waals surface area contributed by atoms with E-state index in [0.717, 1.165) is 16.8 Å². The van der Waals surface area contributed by atoms with E-state index in [4.69, 9.17) is 4.74 Å². The van der Waals surface area contributed by atoms with Crippen LogP contribution in [-0.2, 0) is 10.3 Å². The van der Waals surface area contributed by atoms with Gasteiger partial charge in [-0.3, -0.25) is 4.79 Å². The number of benzene rings is 2. The maximum atomic E-state index is 11.1. The summed E-state index contributed by atoms with van der Waals surface area (Å²) in [5.74, 6) is 0.184. The lowest BCUT2D eigenvalue weighted by Gasteiger charge is -2.21. The fraction of sp³-hybridized carbons (Fsp3) is 0.188. The molecule has 0 fully saturated rings. The number of hydrogen-bond acceptors (Lipinski definition) is 4. The fourth-order valence-corrected chi connectivity index (χ4v) is 2.41. The van der Waals surface area contributed by atoms with Gasteiger partial charge in [-0.2, -0.15) is 10.2 Å². The van der Waals surface area contributed by atoms with Crippen LogP contribution in [0.25, 0.3) is 0 Å². The quantitative estimate of drug-likeness (QED) is 0.610.